The first-order valence-corrected chi connectivity index (χ1v) is 5.44. The number of amides is 1. The third-order valence-corrected chi connectivity index (χ3v) is 2.37. The molecule has 1 N–H and O–H groups in total. The first kappa shape index (κ1) is 14.7. The van der Waals surface area contributed by atoms with Crippen molar-refractivity contribution in [2.75, 3.05) is 5.32 Å². The lowest BCUT2D eigenvalue weighted by molar-refractivity contribution is -0.253. The van der Waals surface area contributed by atoms with Crippen molar-refractivity contribution in [2.45, 2.75) is 19.5 Å². The highest BCUT2D eigenvalue weighted by molar-refractivity contribution is 9.10. The maximum Gasteiger partial charge on any atom is 0.461 e. The van der Waals surface area contributed by atoms with E-state index in [0.717, 1.165) is 6.07 Å². The molecule has 0 aliphatic rings. The molecule has 0 aromatic heterocycles. The number of anilines is 1. The Balaban J connectivity index is 2.89. The lowest BCUT2D eigenvalue weighted by atomic mass is 10.3. The van der Waals surface area contributed by atoms with Crippen LogP contribution >= 0.6 is 15.9 Å². The molecule has 0 saturated carbocycles. The summed E-state index contributed by atoms with van der Waals surface area (Å²) in [6, 6.07) is 3.56. The van der Waals surface area contributed by atoms with E-state index >= 15 is 0 Å². The van der Waals surface area contributed by atoms with E-state index in [1.54, 1.807) is 0 Å². The van der Waals surface area contributed by atoms with Crippen LogP contribution in [0.25, 0.3) is 0 Å². The molecule has 0 saturated heterocycles. The molecule has 0 bridgehead atoms. The van der Waals surface area contributed by atoms with E-state index in [1.165, 1.54) is 19.1 Å². The molecule has 0 fully saturated rings. The van der Waals surface area contributed by atoms with Crippen LogP contribution in [0.15, 0.2) is 22.7 Å². The third-order valence-electron chi connectivity index (χ3n) is 1.75. The molecule has 0 atom stereocenters. The maximum atomic E-state index is 12.7. The Kier molecular flexibility index (Phi) is 4.55. The normalized spacial score (nSPS) is 11.5. The number of ether oxygens (including phenoxy) is 1. The summed E-state index contributed by atoms with van der Waals surface area (Å²) < 4.78 is 53.1. The molecule has 0 unspecified atom stereocenters. The van der Waals surface area contributed by atoms with Gasteiger partial charge in [0, 0.05) is 12.6 Å². The minimum atomic E-state index is -4.57. The van der Waals surface area contributed by atoms with E-state index < -0.39 is 18.3 Å². The number of halogens is 5. The number of carbonyl (C=O) groups is 1. The van der Waals surface area contributed by atoms with Crippen LogP contribution in [-0.2, 0) is 4.79 Å². The van der Waals surface area contributed by atoms with Crippen LogP contribution in [0.1, 0.15) is 6.92 Å². The highest BCUT2D eigenvalue weighted by Crippen LogP contribution is 2.34. The van der Waals surface area contributed by atoms with Crippen molar-refractivity contribution >= 4 is 27.5 Å². The van der Waals surface area contributed by atoms with Crippen molar-refractivity contribution in [3.05, 3.63) is 22.7 Å². The average Bonchev–Trinajstić information content (AvgIpc) is 2.21. The molecular formula is C10H8BrF4NO2. The van der Waals surface area contributed by atoms with Crippen LogP contribution in [0, 0.1) is 0 Å². The minimum Gasteiger partial charge on any atom is -0.427 e. The highest BCUT2D eigenvalue weighted by atomic mass is 79.9. The van der Waals surface area contributed by atoms with E-state index in [1.807, 2.05) is 0 Å². The van der Waals surface area contributed by atoms with Crippen LogP contribution in [-0.4, -0.2) is 18.4 Å². The van der Waals surface area contributed by atoms with E-state index in [0.29, 0.717) is 5.69 Å². The molecule has 0 aliphatic carbocycles. The van der Waals surface area contributed by atoms with E-state index in [9.17, 15) is 22.4 Å². The lowest BCUT2D eigenvalue weighted by Gasteiger charge is -2.18. The molecule has 100 valence electrons. The fraction of sp³-hybridized carbons (Fsp3) is 0.300. The number of hydrogen-bond acceptors (Lipinski definition) is 2. The summed E-state index contributed by atoms with van der Waals surface area (Å²) in [4.78, 5) is 10.8. The van der Waals surface area contributed by atoms with Gasteiger partial charge in [-0.3, -0.25) is 4.79 Å². The molecule has 18 heavy (non-hydrogen) atoms. The van der Waals surface area contributed by atoms with Crippen molar-refractivity contribution < 1.29 is 27.1 Å². The van der Waals surface area contributed by atoms with Gasteiger partial charge in [-0.15, -0.1) is 0 Å². The van der Waals surface area contributed by atoms with Gasteiger partial charge < -0.3 is 10.1 Å². The van der Waals surface area contributed by atoms with Crippen LogP contribution in [0.2, 0.25) is 0 Å². The highest BCUT2D eigenvalue weighted by Gasteiger charge is 2.44. The van der Waals surface area contributed by atoms with Crippen molar-refractivity contribution in [2.24, 2.45) is 0 Å². The number of carbonyl (C=O) groups excluding carboxylic acids is 1. The smallest absolute Gasteiger partial charge is 0.427 e. The summed E-state index contributed by atoms with van der Waals surface area (Å²) >= 11 is 2.88. The SMILES string of the molecule is CC(=O)Nc1ccc(OC(F)(F)C(F)F)c(Br)c1. The number of benzene rings is 1. The molecule has 0 heterocycles. The summed E-state index contributed by atoms with van der Waals surface area (Å²) in [7, 11) is 0. The molecule has 0 aliphatic heterocycles. The summed E-state index contributed by atoms with van der Waals surface area (Å²) in [6.07, 6.45) is -8.50. The zero-order valence-corrected chi connectivity index (χ0v) is 10.6. The lowest BCUT2D eigenvalue weighted by Crippen LogP contribution is -2.33. The van der Waals surface area contributed by atoms with Gasteiger partial charge in [-0.2, -0.15) is 17.6 Å². The second-order valence-electron chi connectivity index (χ2n) is 3.29. The minimum absolute atomic E-state index is 0.0223. The Hall–Kier alpha value is -1.31. The van der Waals surface area contributed by atoms with Crippen LogP contribution in [0.5, 0.6) is 5.75 Å². The Bertz CT molecular complexity index is 454. The molecule has 1 amide bonds. The molecule has 1 aromatic rings. The second kappa shape index (κ2) is 5.55. The fourth-order valence-electron chi connectivity index (χ4n) is 1.06. The predicted molar refractivity (Wildman–Crippen MR) is 60.0 cm³/mol. The van der Waals surface area contributed by atoms with Crippen molar-refractivity contribution in [3.8, 4) is 5.75 Å². The predicted octanol–water partition coefficient (Wildman–Crippen LogP) is 3.64. The number of nitrogens with one attached hydrogen (secondary N) is 1. The molecule has 0 spiro atoms. The van der Waals surface area contributed by atoms with Gasteiger partial charge in [-0.25, -0.2) is 0 Å². The van der Waals surface area contributed by atoms with Gasteiger partial charge in [0.25, 0.3) is 0 Å². The number of alkyl halides is 4. The van der Waals surface area contributed by atoms with Gasteiger partial charge in [-0.1, -0.05) is 0 Å². The summed E-state index contributed by atoms with van der Waals surface area (Å²) in [5.74, 6) is -0.803. The van der Waals surface area contributed by atoms with Crippen LogP contribution < -0.4 is 10.1 Å². The van der Waals surface area contributed by atoms with E-state index in [2.05, 4.69) is 26.0 Å². The monoisotopic (exact) mass is 329 g/mol. The fourth-order valence-corrected chi connectivity index (χ4v) is 1.52. The van der Waals surface area contributed by atoms with Crippen molar-refractivity contribution in [1.29, 1.82) is 0 Å². The summed E-state index contributed by atoms with van der Waals surface area (Å²) in [5.41, 5.74) is 0.321. The largest absolute Gasteiger partial charge is 0.461 e. The summed E-state index contributed by atoms with van der Waals surface area (Å²) in [5, 5.41) is 2.40. The van der Waals surface area contributed by atoms with Gasteiger partial charge >= 0.3 is 12.5 Å². The van der Waals surface area contributed by atoms with Gasteiger partial charge in [-0.05, 0) is 34.1 Å². The quantitative estimate of drug-likeness (QED) is 0.856. The zero-order valence-electron chi connectivity index (χ0n) is 9.02. The van der Waals surface area contributed by atoms with Gasteiger partial charge in [0.2, 0.25) is 5.91 Å². The Morgan fingerprint density at radius 2 is 2.06 bits per heavy atom. The first-order valence-electron chi connectivity index (χ1n) is 4.64. The van der Waals surface area contributed by atoms with Crippen LogP contribution in [0.3, 0.4) is 0 Å². The van der Waals surface area contributed by atoms with Gasteiger partial charge in [0.1, 0.15) is 5.75 Å². The maximum absolute atomic E-state index is 12.7. The Labute approximate surface area is 108 Å². The van der Waals surface area contributed by atoms with E-state index in [4.69, 9.17) is 0 Å². The van der Waals surface area contributed by atoms with Crippen molar-refractivity contribution in [1.82, 2.24) is 0 Å². The van der Waals surface area contributed by atoms with Crippen LogP contribution in [0.4, 0.5) is 23.2 Å². The first-order chi connectivity index (χ1) is 8.22. The number of rotatable bonds is 4. The molecule has 8 heteroatoms. The van der Waals surface area contributed by atoms with Crippen molar-refractivity contribution in [3.63, 3.8) is 0 Å². The topological polar surface area (TPSA) is 38.3 Å². The second-order valence-corrected chi connectivity index (χ2v) is 4.15. The summed E-state index contributed by atoms with van der Waals surface area (Å²) in [6.45, 7) is 1.27. The average molecular weight is 330 g/mol. The Morgan fingerprint density at radius 1 is 1.44 bits per heavy atom. The number of hydrogen-bond donors (Lipinski definition) is 1. The molecule has 1 aromatic carbocycles. The molecule has 0 radical (unpaired) electrons. The van der Waals surface area contributed by atoms with Gasteiger partial charge in [0.05, 0.1) is 4.47 Å². The standard InChI is InChI=1S/C10H8BrF4NO2/c1-5(17)16-6-2-3-8(7(11)4-6)18-10(14,15)9(12)13/h2-4,9H,1H3,(H,16,17). The Morgan fingerprint density at radius 3 is 2.50 bits per heavy atom. The van der Waals surface area contributed by atoms with E-state index in [-0.39, 0.29) is 10.4 Å². The van der Waals surface area contributed by atoms with Gasteiger partial charge in [0.15, 0.2) is 0 Å². The third kappa shape index (κ3) is 3.86. The molecule has 1 rings (SSSR count). The molecule has 3 nitrogen and oxygen atoms in total. The molecular weight excluding hydrogens is 322 g/mol. The zero-order chi connectivity index (χ0) is 13.9.